The van der Waals surface area contributed by atoms with Gasteiger partial charge in [-0.25, -0.2) is 4.21 Å². The normalized spacial score (nSPS) is 20.0. The van der Waals surface area contributed by atoms with E-state index in [1.54, 1.807) is 0 Å². The van der Waals surface area contributed by atoms with E-state index >= 15 is 0 Å². The van der Waals surface area contributed by atoms with Gasteiger partial charge in [0.25, 0.3) is 0 Å². The molecule has 0 bridgehead atoms. The Morgan fingerprint density at radius 1 is 1.12 bits per heavy atom. The molecule has 4 nitrogen and oxygen atoms in total. The van der Waals surface area contributed by atoms with Crippen molar-refractivity contribution < 1.29 is 13.7 Å². The fourth-order valence-electron chi connectivity index (χ4n) is 3.14. The summed E-state index contributed by atoms with van der Waals surface area (Å²) in [5.41, 5.74) is 1.87. The Labute approximate surface area is 157 Å². The summed E-state index contributed by atoms with van der Waals surface area (Å²) in [6.07, 6.45) is 0. The summed E-state index contributed by atoms with van der Waals surface area (Å²) in [6, 6.07) is 16.0. The second-order valence-corrected chi connectivity index (χ2v) is 8.42. The second-order valence-electron chi connectivity index (χ2n) is 7.01. The molecule has 0 spiro atoms. The Balaban J connectivity index is 1.84. The number of carbonyl (C=O) groups excluding carboxylic acids is 1. The van der Waals surface area contributed by atoms with Crippen LogP contribution in [0.5, 0.6) is 0 Å². The molecule has 3 atom stereocenters. The molecule has 3 rings (SSSR count). The lowest BCUT2D eigenvalue weighted by atomic mass is 10.1. The van der Waals surface area contributed by atoms with Crippen molar-refractivity contribution in [3.63, 3.8) is 0 Å². The third-order valence-corrected chi connectivity index (χ3v) is 6.27. The summed E-state index contributed by atoms with van der Waals surface area (Å²) in [5, 5.41) is 0. The van der Waals surface area contributed by atoms with E-state index in [0.29, 0.717) is 16.9 Å². The quantitative estimate of drug-likeness (QED) is 0.549. The molecule has 5 heteroatoms. The van der Waals surface area contributed by atoms with Crippen LogP contribution in [0.25, 0.3) is 0 Å². The SMILES string of the molecule is CC(=O)OCc1ccccc1S(=O)c1ccccc1CN1C[C@@H]1C(C)C. The highest BCUT2D eigenvalue weighted by molar-refractivity contribution is 7.85. The first-order valence-corrected chi connectivity index (χ1v) is 10.1. The van der Waals surface area contributed by atoms with Gasteiger partial charge in [-0.05, 0) is 23.6 Å². The van der Waals surface area contributed by atoms with E-state index in [9.17, 15) is 9.00 Å². The van der Waals surface area contributed by atoms with Gasteiger partial charge < -0.3 is 4.74 Å². The smallest absolute Gasteiger partial charge is 0.302 e. The molecule has 0 saturated carbocycles. The first-order chi connectivity index (χ1) is 12.5. The van der Waals surface area contributed by atoms with Gasteiger partial charge in [-0.2, -0.15) is 0 Å². The van der Waals surface area contributed by atoms with Crippen LogP contribution < -0.4 is 0 Å². The zero-order chi connectivity index (χ0) is 18.7. The fourth-order valence-corrected chi connectivity index (χ4v) is 4.52. The zero-order valence-electron chi connectivity index (χ0n) is 15.5. The highest BCUT2D eigenvalue weighted by atomic mass is 32.2. The summed E-state index contributed by atoms with van der Waals surface area (Å²) in [5.74, 6) is 0.296. The van der Waals surface area contributed by atoms with Gasteiger partial charge in [0.2, 0.25) is 0 Å². The van der Waals surface area contributed by atoms with Crippen molar-refractivity contribution in [3.05, 3.63) is 59.7 Å². The molecule has 2 unspecified atom stereocenters. The van der Waals surface area contributed by atoms with Crippen LogP contribution in [0.4, 0.5) is 0 Å². The molecule has 0 aromatic heterocycles. The average molecular weight is 372 g/mol. The van der Waals surface area contributed by atoms with Gasteiger partial charge in [0.05, 0.1) is 15.7 Å². The van der Waals surface area contributed by atoms with E-state index < -0.39 is 10.8 Å². The number of rotatable bonds is 7. The standard InChI is InChI=1S/C21H25NO3S/c1-15(2)19-13-22(19)12-17-8-4-6-10-20(17)26(24)21-11-7-5-9-18(21)14-25-16(3)23/h4-11,15,19H,12-14H2,1-3H3/t19-,22?,26?/m1/s1. The third-order valence-electron chi connectivity index (χ3n) is 4.68. The minimum atomic E-state index is -1.31. The van der Waals surface area contributed by atoms with Crippen LogP contribution in [0.15, 0.2) is 58.3 Å². The average Bonchev–Trinajstić information content (AvgIpc) is 3.39. The first-order valence-electron chi connectivity index (χ1n) is 8.92. The van der Waals surface area contributed by atoms with Crippen molar-refractivity contribution in [3.8, 4) is 0 Å². The molecule has 1 aliphatic heterocycles. The Bertz CT molecular complexity index is 818. The van der Waals surface area contributed by atoms with Crippen molar-refractivity contribution in [1.82, 2.24) is 4.90 Å². The maximum absolute atomic E-state index is 13.3. The predicted molar refractivity (Wildman–Crippen MR) is 102 cm³/mol. The van der Waals surface area contributed by atoms with Gasteiger partial charge in [-0.15, -0.1) is 0 Å². The Hall–Kier alpha value is -1.98. The Morgan fingerprint density at radius 3 is 2.27 bits per heavy atom. The molecular formula is C21H25NO3S. The third kappa shape index (κ3) is 4.40. The first kappa shape index (κ1) is 18.8. The maximum Gasteiger partial charge on any atom is 0.302 e. The van der Waals surface area contributed by atoms with Crippen LogP contribution in [0, 0.1) is 5.92 Å². The van der Waals surface area contributed by atoms with Crippen molar-refractivity contribution in [2.45, 2.75) is 49.8 Å². The van der Waals surface area contributed by atoms with E-state index in [2.05, 4.69) is 24.8 Å². The summed E-state index contributed by atoms with van der Waals surface area (Å²) in [6.45, 7) is 7.91. The van der Waals surface area contributed by atoms with Gasteiger partial charge >= 0.3 is 5.97 Å². The number of benzene rings is 2. The predicted octanol–water partition coefficient (Wildman–Crippen LogP) is 3.76. The van der Waals surface area contributed by atoms with Gasteiger partial charge in [0.15, 0.2) is 0 Å². The molecule has 2 aromatic rings. The number of carbonyl (C=O) groups is 1. The summed E-state index contributed by atoms with van der Waals surface area (Å²) in [4.78, 5) is 15.1. The van der Waals surface area contributed by atoms with Crippen LogP contribution in [0.2, 0.25) is 0 Å². The lowest BCUT2D eigenvalue weighted by Crippen LogP contribution is -2.10. The molecule has 0 aliphatic carbocycles. The number of hydrogen-bond acceptors (Lipinski definition) is 4. The maximum atomic E-state index is 13.3. The fraction of sp³-hybridized carbons (Fsp3) is 0.381. The minimum absolute atomic E-state index is 0.140. The zero-order valence-corrected chi connectivity index (χ0v) is 16.3. The van der Waals surface area contributed by atoms with Crippen LogP contribution in [0.3, 0.4) is 0 Å². The second kappa shape index (κ2) is 8.14. The molecule has 26 heavy (non-hydrogen) atoms. The van der Waals surface area contributed by atoms with Gasteiger partial charge in [0.1, 0.15) is 6.61 Å². The molecule has 1 heterocycles. The molecule has 0 amide bonds. The highest BCUT2D eigenvalue weighted by Crippen LogP contribution is 2.30. The van der Waals surface area contributed by atoms with Crippen molar-refractivity contribution in [1.29, 1.82) is 0 Å². The van der Waals surface area contributed by atoms with Crippen LogP contribution in [-0.2, 0) is 33.5 Å². The van der Waals surface area contributed by atoms with Gasteiger partial charge in [0, 0.05) is 36.5 Å². The van der Waals surface area contributed by atoms with Crippen LogP contribution in [0.1, 0.15) is 31.9 Å². The van der Waals surface area contributed by atoms with E-state index in [4.69, 9.17) is 4.74 Å². The molecule has 138 valence electrons. The molecule has 2 aromatic carbocycles. The largest absolute Gasteiger partial charge is 0.461 e. The Kier molecular flexibility index (Phi) is 5.89. The van der Waals surface area contributed by atoms with Crippen LogP contribution >= 0.6 is 0 Å². The van der Waals surface area contributed by atoms with E-state index in [-0.39, 0.29) is 12.6 Å². The van der Waals surface area contributed by atoms with Crippen LogP contribution in [-0.4, -0.2) is 27.7 Å². The van der Waals surface area contributed by atoms with E-state index in [1.165, 1.54) is 6.92 Å². The Morgan fingerprint density at radius 2 is 1.69 bits per heavy atom. The summed E-state index contributed by atoms with van der Waals surface area (Å²) < 4.78 is 18.4. The molecule has 1 fully saturated rings. The van der Waals surface area contributed by atoms with E-state index in [0.717, 1.165) is 29.1 Å². The molecule has 1 saturated heterocycles. The number of hydrogen-bond donors (Lipinski definition) is 0. The lowest BCUT2D eigenvalue weighted by molar-refractivity contribution is -0.142. The van der Waals surface area contributed by atoms with Gasteiger partial charge in [-0.3, -0.25) is 9.69 Å². The summed E-state index contributed by atoms with van der Waals surface area (Å²) in [7, 11) is -1.31. The monoisotopic (exact) mass is 371 g/mol. The molecule has 1 aliphatic rings. The molecule has 0 radical (unpaired) electrons. The summed E-state index contributed by atoms with van der Waals surface area (Å²) >= 11 is 0. The minimum Gasteiger partial charge on any atom is -0.461 e. The molecular weight excluding hydrogens is 346 g/mol. The van der Waals surface area contributed by atoms with E-state index in [1.807, 2.05) is 42.5 Å². The number of ether oxygens (including phenoxy) is 1. The van der Waals surface area contributed by atoms with Crippen molar-refractivity contribution in [2.75, 3.05) is 6.54 Å². The molecule has 0 N–H and O–H groups in total. The topological polar surface area (TPSA) is 46.4 Å². The lowest BCUT2D eigenvalue weighted by Gasteiger charge is -2.14. The number of nitrogens with zero attached hydrogens (tertiary/aromatic N) is 1. The highest BCUT2D eigenvalue weighted by Gasteiger charge is 2.36. The van der Waals surface area contributed by atoms with Gasteiger partial charge in [-0.1, -0.05) is 50.2 Å². The number of esters is 1. The van der Waals surface area contributed by atoms with Crippen molar-refractivity contribution >= 4 is 16.8 Å². The van der Waals surface area contributed by atoms with Crippen molar-refractivity contribution in [2.24, 2.45) is 5.92 Å².